The third kappa shape index (κ3) is 3.23. The van der Waals surface area contributed by atoms with E-state index in [-0.39, 0.29) is 4.88 Å². The zero-order chi connectivity index (χ0) is 13.8. The molecule has 0 atom stereocenters. The van der Waals surface area contributed by atoms with E-state index in [1.54, 1.807) is 6.92 Å². The predicted octanol–water partition coefficient (Wildman–Crippen LogP) is 3.29. The van der Waals surface area contributed by atoms with Gasteiger partial charge in [-0.3, -0.25) is 0 Å². The monoisotopic (exact) mass is 278 g/mol. The van der Waals surface area contributed by atoms with Crippen LogP contribution in [0.4, 0.5) is 10.8 Å². The Labute approximate surface area is 114 Å². The van der Waals surface area contributed by atoms with Gasteiger partial charge in [0, 0.05) is 5.69 Å². The maximum atomic E-state index is 10.9. The summed E-state index contributed by atoms with van der Waals surface area (Å²) >= 11 is 1.12. The number of hydrogen-bond acceptors (Lipinski definition) is 5. The summed E-state index contributed by atoms with van der Waals surface area (Å²) < 4.78 is 5.35. The van der Waals surface area contributed by atoms with Gasteiger partial charge in [-0.1, -0.05) is 11.3 Å². The van der Waals surface area contributed by atoms with E-state index in [2.05, 4.69) is 10.3 Å². The SMILES string of the molecule is CCOc1ccc(Nc2nc(C)c(C(=O)O)s2)cc1. The largest absolute Gasteiger partial charge is 0.494 e. The molecular weight excluding hydrogens is 264 g/mol. The van der Waals surface area contributed by atoms with Gasteiger partial charge in [-0.25, -0.2) is 9.78 Å². The van der Waals surface area contributed by atoms with E-state index >= 15 is 0 Å². The fourth-order valence-corrected chi connectivity index (χ4v) is 2.40. The lowest BCUT2D eigenvalue weighted by Gasteiger charge is -2.05. The summed E-state index contributed by atoms with van der Waals surface area (Å²) in [5.41, 5.74) is 1.36. The van der Waals surface area contributed by atoms with Gasteiger partial charge in [0.25, 0.3) is 0 Å². The maximum absolute atomic E-state index is 10.9. The number of thiazole rings is 1. The van der Waals surface area contributed by atoms with Crippen molar-refractivity contribution in [3.63, 3.8) is 0 Å². The number of aromatic nitrogens is 1. The Morgan fingerprint density at radius 1 is 1.42 bits per heavy atom. The molecule has 2 rings (SSSR count). The summed E-state index contributed by atoms with van der Waals surface area (Å²) in [7, 11) is 0. The predicted molar refractivity (Wildman–Crippen MR) is 74.7 cm³/mol. The third-order valence-electron chi connectivity index (χ3n) is 2.41. The van der Waals surface area contributed by atoms with Gasteiger partial charge >= 0.3 is 5.97 Å². The summed E-state index contributed by atoms with van der Waals surface area (Å²) in [4.78, 5) is 15.4. The van der Waals surface area contributed by atoms with Crippen LogP contribution in [0.1, 0.15) is 22.3 Å². The second kappa shape index (κ2) is 5.71. The molecule has 0 fully saturated rings. The number of hydrogen-bond donors (Lipinski definition) is 2. The van der Waals surface area contributed by atoms with E-state index in [0.29, 0.717) is 17.4 Å². The molecule has 6 heteroatoms. The molecule has 0 bridgehead atoms. The van der Waals surface area contributed by atoms with Crippen LogP contribution in [0, 0.1) is 6.92 Å². The van der Waals surface area contributed by atoms with Gasteiger partial charge in [-0.15, -0.1) is 0 Å². The topological polar surface area (TPSA) is 71.5 Å². The molecule has 1 aromatic carbocycles. The van der Waals surface area contributed by atoms with Gasteiger partial charge in [-0.05, 0) is 38.1 Å². The van der Waals surface area contributed by atoms with Gasteiger partial charge in [0.1, 0.15) is 10.6 Å². The number of benzene rings is 1. The first kappa shape index (κ1) is 13.4. The average Bonchev–Trinajstić information content (AvgIpc) is 2.73. The lowest BCUT2D eigenvalue weighted by molar-refractivity contribution is 0.0701. The quantitative estimate of drug-likeness (QED) is 0.878. The lowest BCUT2D eigenvalue weighted by atomic mass is 10.3. The highest BCUT2D eigenvalue weighted by Gasteiger charge is 2.13. The number of ether oxygens (including phenoxy) is 1. The first-order chi connectivity index (χ1) is 9.10. The van der Waals surface area contributed by atoms with Crippen LogP contribution in [0.15, 0.2) is 24.3 Å². The van der Waals surface area contributed by atoms with Gasteiger partial charge in [0.15, 0.2) is 5.13 Å². The molecule has 2 aromatic rings. The second-order valence-electron chi connectivity index (χ2n) is 3.82. The van der Waals surface area contributed by atoms with Gasteiger partial charge in [0.2, 0.25) is 0 Å². The van der Waals surface area contributed by atoms with Gasteiger partial charge < -0.3 is 15.2 Å². The van der Waals surface area contributed by atoms with E-state index in [1.807, 2.05) is 31.2 Å². The van der Waals surface area contributed by atoms with E-state index in [1.165, 1.54) is 0 Å². The normalized spacial score (nSPS) is 10.2. The zero-order valence-electron chi connectivity index (χ0n) is 10.6. The van der Waals surface area contributed by atoms with Crippen LogP contribution in [0.3, 0.4) is 0 Å². The molecule has 0 amide bonds. The summed E-state index contributed by atoms with van der Waals surface area (Å²) in [5.74, 6) is -0.149. The standard InChI is InChI=1S/C13H14N2O3S/c1-3-18-10-6-4-9(5-7-10)15-13-14-8(2)11(19-13)12(16)17/h4-7H,3H2,1-2H3,(H,14,15)(H,16,17). The zero-order valence-corrected chi connectivity index (χ0v) is 11.5. The maximum Gasteiger partial charge on any atom is 0.347 e. The number of aromatic carboxylic acids is 1. The van der Waals surface area contributed by atoms with E-state index in [9.17, 15) is 4.79 Å². The lowest BCUT2D eigenvalue weighted by Crippen LogP contribution is -1.94. The Kier molecular flexibility index (Phi) is 4.01. The van der Waals surface area contributed by atoms with Crippen molar-refractivity contribution in [3.05, 3.63) is 34.8 Å². The summed E-state index contributed by atoms with van der Waals surface area (Å²) in [6, 6.07) is 7.43. The van der Waals surface area contributed by atoms with Crippen molar-refractivity contribution in [2.45, 2.75) is 13.8 Å². The molecule has 0 aliphatic rings. The van der Waals surface area contributed by atoms with E-state index in [4.69, 9.17) is 9.84 Å². The minimum atomic E-state index is -0.949. The molecule has 2 N–H and O–H groups in total. The molecule has 19 heavy (non-hydrogen) atoms. The van der Waals surface area contributed by atoms with Gasteiger partial charge in [-0.2, -0.15) is 0 Å². The number of carboxylic acid groups (broad SMARTS) is 1. The van der Waals surface area contributed by atoms with Crippen LogP contribution in [0.5, 0.6) is 5.75 Å². The molecular formula is C13H14N2O3S. The Balaban J connectivity index is 2.12. The average molecular weight is 278 g/mol. The Hall–Kier alpha value is -2.08. The Bertz CT molecular complexity index is 578. The Morgan fingerprint density at radius 3 is 2.63 bits per heavy atom. The van der Waals surface area contributed by atoms with Crippen molar-refractivity contribution in [2.24, 2.45) is 0 Å². The fourth-order valence-electron chi connectivity index (χ4n) is 1.57. The molecule has 0 saturated carbocycles. The first-order valence-corrected chi connectivity index (χ1v) is 6.62. The number of nitrogens with zero attached hydrogens (tertiary/aromatic N) is 1. The smallest absolute Gasteiger partial charge is 0.347 e. The molecule has 5 nitrogen and oxygen atoms in total. The highest BCUT2D eigenvalue weighted by atomic mass is 32.1. The van der Waals surface area contributed by atoms with Crippen LogP contribution in [-0.4, -0.2) is 22.7 Å². The van der Waals surface area contributed by atoms with Crippen molar-refractivity contribution < 1.29 is 14.6 Å². The van der Waals surface area contributed by atoms with Crippen molar-refractivity contribution >= 4 is 28.1 Å². The summed E-state index contributed by atoms with van der Waals surface area (Å²) in [6.45, 7) is 4.24. The third-order valence-corrected chi connectivity index (χ3v) is 3.47. The molecule has 1 aromatic heterocycles. The van der Waals surface area contributed by atoms with Crippen molar-refractivity contribution in [2.75, 3.05) is 11.9 Å². The summed E-state index contributed by atoms with van der Waals surface area (Å²) in [6.07, 6.45) is 0. The van der Waals surface area contributed by atoms with Crippen LogP contribution in [-0.2, 0) is 0 Å². The second-order valence-corrected chi connectivity index (χ2v) is 4.82. The number of rotatable bonds is 5. The molecule has 0 unspecified atom stereocenters. The molecule has 0 aliphatic carbocycles. The van der Waals surface area contributed by atoms with Crippen LogP contribution < -0.4 is 10.1 Å². The van der Waals surface area contributed by atoms with Crippen molar-refractivity contribution in [3.8, 4) is 5.75 Å². The van der Waals surface area contributed by atoms with Crippen LogP contribution in [0.2, 0.25) is 0 Å². The number of aryl methyl sites for hydroxylation is 1. The van der Waals surface area contributed by atoms with Crippen molar-refractivity contribution in [1.29, 1.82) is 0 Å². The molecule has 0 spiro atoms. The molecule has 1 heterocycles. The minimum absolute atomic E-state index is 0.258. The molecule has 100 valence electrons. The van der Waals surface area contributed by atoms with Crippen LogP contribution in [0.25, 0.3) is 0 Å². The van der Waals surface area contributed by atoms with Crippen LogP contribution >= 0.6 is 11.3 Å². The molecule has 0 aliphatic heterocycles. The number of carbonyl (C=O) groups is 1. The highest BCUT2D eigenvalue weighted by molar-refractivity contribution is 7.17. The fraction of sp³-hybridized carbons (Fsp3) is 0.231. The minimum Gasteiger partial charge on any atom is -0.494 e. The molecule has 0 saturated heterocycles. The van der Waals surface area contributed by atoms with E-state index < -0.39 is 5.97 Å². The highest BCUT2D eigenvalue weighted by Crippen LogP contribution is 2.26. The molecule has 0 radical (unpaired) electrons. The summed E-state index contributed by atoms with van der Waals surface area (Å²) in [5, 5.41) is 12.6. The number of nitrogens with one attached hydrogen (secondary N) is 1. The van der Waals surface area contributed by atoms with Gasteiger partial charge in [0.05, 0.1) is 12.3 Å². The van der Waals surface area contributed by atoms with E-state index in [0.717, 1.165) is 22.8 Å². The number of carboxylic acids is 1. The Morgan fingerprint density at radius 2 is 2.11 bits per heavy atom. The number of anilines is 2. The van der Waals surface area contributed by atoms with Crippen molar-refractivity contribution in [1.82, 2.24) is 4.98 Å². The first-order valence-electron chi connectivity index (χ1n) is 5.80.